The third-order valence-electron chi connectivity index (χ3n) is 3.81. The van der Waals surface area contributed by atoms with Crippen LogP contribution in [0.25, 0.3) is 0 Å². The maximum atomic E-state index is 11.5. The van der Waals surface area contributed by atoms with Crippen molar-refractivity contribution < 1.29 is 49.1 Å². The summed E-state index contributed by atoms with van der Waals surface area (Å²) < 4.78 is 5.60. The maximum absolute atomic E-state index is 11.5. The molecule has 0 aliphatic rings. The van der Waals surface area contributed by atoms with Crippen molar-refractivity contribution in [2.75, 3.05) is 5.32 Å². The van der Waals surface area contributed by atoms with E-state index in [9.17, 15) is 20.0 Å². The predicted molar refractivity (Wildman–Crippen MR) is 97.7 cm³/mol. The molecule has 0 unspecified atom stereocenters. The monoisotopic (exact) mass is 386 g/mol. The van der Waals surface area contributed by atoms with Crippen molar-refractivity contribution in [3.05, 3.63) is 94.0 Å². The van der Waals surface area contributed by atoms with Gasteiger partial charge in [-0.05, 0) is 17.7 Å². The van der Waals surface area contributed by atoms with Crippen LogP contribution in [0.4, 0.5) is 11.4 Å². The number of benzene rings is 3. The van der Waals surface area contributed by atoms with Crippen molar-refractivity contribution in [1.29, 1.82) is 0 Å². The molecular formula is C20H15N2NaO5. The fourth-order valence-corrected chi connectivity index (χ4v) is 2.52. The van der Waals surface area contributed by atoms with E-state index in [2.05, 4.69) is 5.32 Å². The number of nitro benzene ring substituents is 1. The van der Waals surface area contributed by atoms with Crippen molar-refractivity contribution in [2.24, 2.45) is 0 Å². The summed E-state index contributed by atoms with van der Waals surface area (Å²) in [7, 11) is 0. The number of carbonyl (C=O) groups is 1. The van der Waals surface area contributed by atoms with E-state index in [0.29, 0.717) is 12.3 Å². The van der Waals surface area contributed by atoms with Crippen LogP contribution in [0, 0.1) is 10.1 Å². The molecule has 0 amide bonds. The van der Waals surface area contributed by atoms with E-state index >= 15 is 0 Å². The molecule has 0 saturated carbocycles. The Hall–Kier alpha value is -2.87. The summed E-state index contributed by atoms with van der Waals surface area (Å²) in [6.07, 6.45) is 0. The molecule has 0 atom stereocenters. The number of anilines is 1. The largest absolute Gasteiger partial charge is 1.00 e. The van der Waals surface area contributed by atoms with Crippen molar-refractivity contribution >= 4 is 17.3 Å². The molecule has 136 valence electrons. The quantitative estimate of drug-likeness (QED) is 0.357. The Morgan fingerprint density at radius 1 is 1.00 bits per heavy atom. The molecule has 0 radical (unpaired) electrons. The van der Waals surface area contributed by atoms with Crippen molar-refractivity contribution in [2.45, 2.75) is 6.54 Å². The SMILES string of the molecule is O=C([O-])c1cc([N+](=O)[O-])c(Oc2ccccc2)cc1NCc1ccccc1.[Na+]. The van der Waals surface area contributed by atoms with Gasteiger partial charge < -0.3 is 20.0 Å². The van der Waals surface area contributed by atoms with Crippen LogP contribution in [0.15, 0.2) is 72.8 Å². The number of carboxylic acids is 1. The van der Waals surface area contributed by atoms with Gasteiger partial charge in [0.05, 0.1) is 10.9 Å². The second kappa shape index (κ2) is 9.89. The van der Waals surface area contributed by atoms with E-state index in [1.807, 2.05) is 30.3 Å². The number of rotatable bonds is 7. The van der Waals surface area contributed by atoms with E-state index in [-0.39, 0.29) is 46.6 Å². The van der Waals surface area contributed by atoms with Crippen LogP contribution in [0.2, 0.25) is 0 Å². The van der Waals surface area contributed by atoms with Crippen LogP contribution >= 0.6 is 0 Å². The molecule has 0 heterocycles. The Balaban J connectivity index is 0.00000280. The van der Waals surface area contributed by atoms with E-state index in [0.717, 1.165) is 11.6 Å². The molecule has 1 N–H and O–H groups in total. The zero-order valence-corrected chi connectivity index (χ0v) is 17.1. The summed E-state index contributed by atoms with van der Waals surface area (Å²) in [4.78, 5) is 22.1. The fourth-order valence-electron chi connectivity index (χ4n) is 2.52. The molecular weight excluding hydrogens is 371 g/mol. The second-order valence-electron chi connectivity index (χ2n) is 5.66. The Morgan fingerprint density at radius 3 is 2.18 bits per heavy atom. The number of nitrogens with one attached hydrogen (secondary N) is 1. The Bertz CT molecular complexity index is 965. The Labute approximate surface area is 183 Å². The second-order valence-corrected chi connectivity index (χ2v) is 5.66. The van der Waals surface area contributed by atoms with Gasteiger partial charge in [0.2, 0.25) is 5.75 Å². The van der Waals surface area contributed by atoms with E-state index < -0.39 is 16.6 Å². The third kappa shape index (κ3) is 5.32. The van der Waals surface area contributed by atoms with Gasteiger partial charge in [0.15, 0.2) is 0 Å². The number of ether oxygens (including phenoxy) is 1. The first kappa shape index (κ1) is 21.4. The number of hydrogen-bond donors (Lipinski definition) is 1. The molecule has 0 aliphatic heterocycles. The van der Waals surface area contributed by atoms with Gasteiger partial charge in [-0.3, -0.25) is 10.1 Å². The van der Waals surface area contributed by atoms with Crippen LogP contribution in [-0.4, -0.2) is 10.9 Å². The van der Waals surface area contributed by atoms with Crippen molar-refractivity contribution in [3.8, 4) is 11.5 Å². The number of para-hydroxylation sites is 1. The molecule has 3 rings (SSSR count). The van der Waals surface area contributed by atoms with Crippen molar-refractivity contribution in [3.63, 3.8) is 0 Å². The Kier molecular flexibility index (Phi) is 7.57. The average Bonchev–Trinajstić information content (AvgIpc) is 2.67. The topological polar surface area (TPSA) is 105 Å². The minimum absolute atomic E-state index is 0. The van der Waals surface area contributed by atoms with Gasteiger partial charge in [-0.15, -0.1) is 0 Å². The molecule has 0 fully saturated rings. The first-order valence-electron chi connectivity index (χ1n) is 8.09. The van der Waals surface area contributed by atoms with Crippen LogP contribution < -0.4 is 44.7 Å². The number of aromatic carboxylic acids is 1. The van der Waals surface area contributed by atoms with Gasteiger partial charge in [-0.2, -0.15) is 0 Å². The van der Waals surface area contributed by atoms with E-state index in [1.54, 1.807) is 30.3 Å². The summed E-state index contributed by atoms with van der Waals surface area (Å²) in [5.41, 5.74) is 0.336. The molecule has 28 heavy (non-hydrogen) atoms. The van der Waals surface area contributed by atoms with Crippen LogP contribution in [0.3, 0.4) is 0 Å². The fraction of sp³-hybridized carbons (Fsp3) is 0.0500. The minimum atomic E-state index is -1.51. The predicted octanol–water partition coefficient (Wildman–Crippen LogP) is 0.367. The van der Waals surface area contributed by atoms with E-state index in [1.165, 1.54) is 6.07 Å². The van der Waals surface area contributed by atoms with Gasteiger partial charge in [0.1, 0.15) is 5.75 Å². The average molecular weight is 386 g/mol. The van der Waals surface area contributed by atoms with Crippen LogP contribution in [0.5, 0.6) is 11.5 Å². The summed E-state index contributed by atoms with van der Waals surface area (Å²) in [6, 6.07) is 20.1. The summed E-state index contributed by atoms with van der Waals surface area (Å²) in [6.45, 7) is 0.337. The number of nitrogens with zero attached hydrogens (tertiary/aromatic N) is 1. The van der Waals surface area contributed by atoms with Gasteiger partial charge in [-0.1, -0.05) is 48.5 Å². The molecule has 3 aromatic rings. The summed E-state index contributed by atoms with van der Waals surface area (Å²) in [5.74, 6) is -1.18. The van der Waals surface area contributed by atoms with Crippen molar-refractivity contribution in [1.82, 2.24) is 0 Å². The van der Waals surface area contributed by atoms with Gasteiger partial charge in [-0.25, -0.2) is 0 Å². The Morgan fingerprint density at radius 2 is 1.61 bits per heavy atom. The first-order valence-corrected chi connectivity index (χ1v) is 8.09. The summed E-state index contributed by atoms with van der Waals surface area (Å²) in [5, 5.41) is 25.8. The minimum Gasteiger partial charge on any atom is -0.545 e. The first-order chi connectivity index (χ1) is 13.0. The molecule has 7 nitrogen and oxygen atoms in total. The number of carbonyl (C=O) groups excluding carboxylic acids is 1. The van der Waals surface area contributed by atoms with E-state index in [4.69, 9.17) is 4.74 Å². The zero-order chi connectivity index (χ0) is 19.2. The molecule has 0 saturated heterocycles. The van der Waals surface area contributed by atoms with Crippen LogP contribution in [-0.2, 0) is 6.54 Å². The summed E-state index contributed by atoms with van der Waals surface area (Å²) >= 11 is 0. The molecule has 0 aliphatic carbocycles. The number of nitro groups is 1. The standard InChI is InChI=1S/C20H16N2O5.Na/c23-20(24)16-11-18(22(25)26)19(27-15-9-5-2-6-10-15)12-17(16)21-13-14-7-3-1-4-8-14;/h1-12,21H,13H2,(H,23,24);/q;+1/p-1. The molecule has 0 aromatic heterocycles. The molecule has 0 bridgehead atoms. The smallest absolute Gasteiger partial charge is 0.545 e. The third-order valence-corrected chi connectivity index (χ3v) is 3.81. The normalized spacial score (nSPS) is 9.86. The zero-order valence-electron chi connectivity index (χ0n) is 15.1. The molecule has 3 aromatic carbocycles. The van der Waals surface area contributed by atoms with Gasteiger partial charge in [0.25, 0.3) is 0 Å². The van der Waals surface area contributed by atoms with Crippen LogP contribution in [0.1, 0.15) is 15.9 Å². The number of hydrogen-bond acceptors (Lipinski definition) is 6. The maximum Gasteiger partial charge on any atom is 1.00 e. The molecule has 0 spiro atoms. The van der Waals surface area contributed by atoms with Gasteiger partial charge in [0, 0.05) is 29.9 Å². The van der Waals surface area contributed by atoms with Gasteiger partial charge >= 0.3 is 35.2 Å². The number of carboxylic acid groups (broad SMARTS) is 1. The molecule has 8 heteroatoms.